The van der Waals surface area contributed by atoms with Crippen LogP contribution >= 0.6 is 0 Å². The second kappa shape index (κ2) is 7.49. The van der Waals surface area contributed by atoms with E-state index in [2.05, 4.69) is 9.97 Å². The molecule has 25 heavy (non-hydrogen) atoms. The average Bonchev–Trinajstić information content (AvgIpc) is 3.18. The molecule has 1 atom stereocenters. The number of pyridine rings is 1. The van der Waals surface area contributed by atoms with Gasteiger partial charge in [0.15, 0.2) is 0 Å². The number of rotatable bonds is 5. The Bertz CT molecular complexity index is 793. The first-order valence-corrected chi connectivity index (χ1v) is 8.69. The van der Waals surface area contributed by atoms with Gasteiger partial charge in [-0.15, -0.1) is 0 Å². The number of benzene rings is 1. The first-order valence-electron chi connectivity index (χ1n) is 8.69. The minimum absolute atomic E-state index is 0.222. The molecule has 128 valence electrons. The third-order valence-corrected chi connectivity index (χ3v) is 4.39. The van der Waals surface area contributed by atoms with Crippen LogP contribution in [0.25, 0.3) is 17.1 Å². The highest BCUT2D eigenvalue weighted by molar-refractivity contribution is 5.57. The topological polar surface area (TPSA) is 49.2 Å². The third kappa shape index (κ3) is 3.72. The van der Waals surface area contributed by atoms with Crippen LogP contribution in [0, 0.1) is 0 Å². The molecule has 1 saturated heterocycles. The predicted molar refractivity (Wildman–Crippen MR) is 95.9 cm³/mol. The summed E-state index contributed by atoms with van der Waals surface area (Å²) in [6, 6.07) is 12.0. The van der Waals surface area contributed by atoms with Crippen LogP contribution < -0.4 is 4.74 Å². The fourth-order valence-electron chi connectivity index (χ4n) is 3.05. The maximum absolute atomic E-state index is 5.87. The van der Waals surface area contributed by atoms with Crippen molar-refractivity contribution >= 4 is 0 Å². The van der Waals surface area contributed by atoms with Gasteiger partial charge in [-0.05, 0) is 55.7 Å². The van der Waals surface area contributed by atoms with Gasteiger partial charge >= 0.3 is 0 Å². The molecule has 1 fully saturated rings. The summed E-state index contributed by atoms with van der Waals surface area (Å²) >= 11 is 0. The van der Waals surface area contributed by atoms with E-state index in [1.54, 1.807) is 12.4 Å². The van der Waals surface area contributed by atoms with Crippen LogP contribution in [-0.4, -0.2) is 33.9 Å². The maximum Gasteiger partial charge on any atom is 0.146 e. The van der Waals surface area contributed by atoms with Gasteiger partial charge in [0.1, 0.15) is 18.2 Å². The summed E-state index contributed by atoms with van der Waals surface area (Å²) < 4.78 is 13.6. The molecule has 5 nitrogen and oxygen atoms in total. The van der Waals surface area contributed by atoms with E-state index in [-0.39, 0.29) is 6.10 Å². The van der Waals surface area contributed by atoms with E-state index >= 15 is 0 Å². The smallest absolute Gasteiger partial charge is 0.146 e. The summed E-state index contributed by atoms with van der Waals surface area (Å²) in [5.41, 5.74) is 2.03. The molecule has 1 unspecified atom stereocenters. The highest BCUT2D eigenvalue weighted by atomic mass is 16.5. The first-order chi connectivity index (χ1) is 12.4. The molecule has 3 aromatic rings. The molecular formula is C20H21N3O2. The Morgan fingerprint density at radius 2 is 2.04 bits per heavy atom. The highest BCUT2D eigenvalue weighted by Crippen LogP contribution is 2.23. The minimum Gasteiger partial charge on any atom is -0.491 e. The Morgan fingerprint density at radius 3 is 2.80 bits per heavy atom. The first kappa shape index (κ1) is 15.8. The second-order valence-electron chi connectivity index (χ2n) is 6.16. The lowest BCUT2D eigenvalue weighted by atomic mass is 10.1. The number of hydrogen-bond acceptors (Lipinski definition) is 4. The summed E-state index contributed by atoms with van der Waals surface area (Å²) in [5.74, 6) is 1.73. The zero-order chi connectivity index (χ0) is 16.9. The van der Waals surface area contributed by atoms with Gasteiger partial charge < -0.3 is 9.47 Å². The van der Waals surface area contributed by atoms with Gasteiger partial charge in [-0.3, -0.25) is 9.55 Å². The molecule has 4 rings (SSSR count). The SMILES string of the molecule is c1cncc(-c2nccn2-c2ccc(OCC3CCCCO3)cc2)c1. The van der Waals surface area contributed by atoms with Crippen molar-refractivity contribution < 1.29 is 9.47 Å². The number of imidazole rings is 1. The van der Waals surface area contributed by atoms with Gasteiger partial charge in [0.05, 0.1) is 6.10 Å². The molecule has 0 bridgehead atoms. The molecule has 5 heteroatoms. The summed E-state index contributed by atoms with van der Waals surface area (Å²) in [5, 5.41) is 0. The van der Waals surface area contributed by atoms with Crippen LogP contribution in [0.1, 0.15) is 19.3 Å². The molecule has 0 amide bonds. The molecule has 1 aromatic carbocycles. The number of nitrogens with zero attached hydrogens (tertiary/aromatic N) is 3. The van der Waals surface area contributed by atoms with E-state index in [4.69, 9.17) is 9.47 Å². The Hall–Kier alpha value is -2.66. The van der Waals surface area contributed by atoms with Gasteiger partial charge in [-0.25, -0.2) is 4.98 Å². The predicted octanol–water partition coefficient (Wildman–Crippen LogP) is 3.88. The Labute approximate surface area is 147 Å². The number of hydrogen-bond donors (Lipinski definition) is 0. The van der Waals surface area contributed by atoms with Gasteiger partial charge in [-0.2, -0.15) is 0 Å². The van der Waals surface area contributed by atoms with Crippen molar-refractivity contribution in [3.05, 3.63) is 61.2 Å². The summed E-state index contributed by atoms with van der Waals surface area (Å²) in [6.45, 7) is 1.47. The fourth-order valence-corrected chi connectivity index (χ4v) is 3.05. The highest BCUT2D eigenvalue weighted by Gasteiger charge is 2.14. The molecule has 0 aliphatic carbocycles. The van der Waals surface area contributed by atoms with Crippen LogP contribution in [0.3, 0.4) is 0 Å². The zero-order valence-electron chi connectivity index (χ0n) is 14.0. The zero-order valence-corrected chi connectivity index (χ0v) is 14.0. The van der Waals surface area contributed by atoms with E-state index in [0.717, 1.165) is 42.3 Å². The van der Waals surface area contributed by atoms with E-state index < -0.39 is 0 Å². The van der Waals surface area contributed by atoms with E-state index in [0.29, 0.717) is 6.61 Å². The largest absolute Gasteiger partial charge is 0.491 e. The molecular weight excluding hydrogens is 314 g/mol. The quantitative estimate of drug-likeness (QED) is 0.710. The Morgan fingerprint density at radius 1 is 1.12 bits per heavy atom. The van der Waals surface area contributed by atoms with Gasteiger partial charge in [0, 0.05) is 42.6 Å². The number of ether oxygens (including phenoxy) is 2. The van der Waals surface area contributed by atoms with Crippen molar-refractivity contribution in [2.24, 2.45) is 0 Å². The van der Waals surface area contributed by atoms with Gasteiger partial charge in [0.25, 0.3) is 0 Å². The second-order valence-corrected chi connectivity index (χ2v) is 6.16. The normalized spacial score (nSPS) is 17.4. The van der Waals surface area contributed by atoms with Crippen molar-refractivity contribution in [2.75, 3.05) is 13.2 Å². The summed E-state index contributed by atoms with van der Waals surface area (Å²) in [6.07, 6.45) is 11.0. The maximum atomic E-state index is 5.87. The van der Waals surface area contributed by atoms with E-state index in [1.165, 1.54) is 6.42 Å². The lowest BCUT2D eigenvalue weighted by Crippen LogP contribution is -2.25. The average molecular weight is 335 g/mol. The molecule has 1 aliphatic heterocycles. The van der Waals surface area contributed by atoms with Crippen molar-refractivity contribution in [2.45, 2.75) is 25.4 Å². The molecule has 1 aliphatic rings. The summed E-state index contributed by atoms with van der Waals surface area (Å²) in [7, 11) is 0. The standard InChI is InChI=1S/C20H21N3O2/c1-2-13-24-19(5-1)15-25-18-8-6-17(7-9-18)23-12-11-22-20(23)16-4-3-10-21-14-16/h3-4,6-12,14,19H,1-2,5,13,15H2. The van der Waals surface area contributed by atoms with Crippen molar-refractivity contribution in [3.63, 3.8) is 0 Å². The van der Waals surface area contributed by atoms with E-state index in [1.807, 2.05) is 53.4 Å². The van der Waals surface area contributed by atoms with Gasteiger partial charge in [0.2, 0.25) is 0 Å². The molecule has 2 aromatic heterocycles. The van der Waals surface area contributed by atoms with E-state index in [9.17, 15) is 0 Å². The lowest BCUT2D eigenvalue weighted by molar-refractivity contribution is -0.0110. The van der Waals surface area contributed by atoms with Crippen molar-refractivity contribution in [1.29, 1.82) is 0 Å². The molecule has 0 radical (unpaired) electrons. The fraction of sp³-hybridized carbons (Fsp3) is 0.300. The minimum atomic E-state index is 0.222. The molecule has 0 spiro atoms. The van der Waals surface area contributed by atoms with Crippen LogP contribution in [0.15, 0.2) is 61.2 Å². The third-order valence-electron chi connectivity index (χ3n) is 4.39. The Kier molecular flexibility index (Phi) is 4.74. The molecule has 0 N–H and O–H groups in total. The van der Waals surface area contributed by atoms with Crippen LogP contribution in [0.4, 0.5) is 0 Å². The monoisotopic (exact) mass is 335 g/mol. The van der Waals surface area contributed by atoms with Gasteiger partial charge in [-0.1, -0.05) is 0 Å². The van der Waals surface area contributed by atoms with Crippen LogP contribution in [-0.2, 0) is 4.74 Å². The van der Waals surface area contributed by atoms with Crippen molar-refractivity contribution in [1.82, 2.24) is 14.5 Å². The number of aromatic nitrogens is 3. The molecule has 0 saturated carbocycles. The summed E-state index contributed by atoms with van der Waals surface area (Å²) in [4.78, 5) is 8.63. The Balaban J connectivity index is 1.47. The van der Waals surface area contributed by atoms with Crippen molar-refractivity contribution in [3.8, 4) is 22.8 Å². The molecule has 3 heterocycles. The van der Waals surface area contributed by atoms with Crippen LogP contribution in [0.2, 0.25) is 0 Å². The van der Waals surface area contributed by atoms with Crippen LogP contribution in [0.5, 0.6) is 5.75 Å². The lowest BCUT2D eigenvalue weighted by Gasteiger charge is -2.22.